The lowest BCUT2D eigenvalue weighted by molar-refractivity contribution is -0.111. The quantitative estimate of drug-likeness (QED) is 0.580. The maximum absolute atomic E-state index is 12.7. The van der Waals surface area contributed by atoms with E-state index in [0.717, 1.165) is 0 Å². The average Bonchev–Trinajstić information content (AvgIpc) is 3.21. The van der Waals surface area contributed by atoms with Crippen molar-refractivity contribution in [1.82, 2.24) is 14.8 Å². The third-order valence-corrected chi connectivity index (χ3v) is 3.97. The second-order valence-electron chi connectivity index (χ2n) is 5.58. The van der Waals surface area contributed by atoms with Crippen LogP contribution in [-0.2, 0) is 4.79 Å². The maximum Gasteiger partial charge on any atom is 0.387 e. The lowest BCUT2D eigenvalue weighted by atomic mass is 10.1. The largest absolute Gasteiger partial charge is 0.493 e. The van der Waals surface area contributed by atoms with Gasteiger partial charge in [-0.2, -0.15) is 13.9 Å². The minimum absolute atomic E-state index is 0.121. The normalized spacial score (nSPS) is 11.1. The van der Waals surface area contributed by atoms with Gasteiger partial charge in [0.1, 0.15) is 12.7 Å². The third-order valence-electron chi connectivity index (χ3n) is 3.73. The molecule has 10 heteroatoms. The maximum atomic E-state index is 12.7. The van der Waals surface area contributed by atoms with E-state index in [4.69, 9.17) is 16.3 Å². The van der Waals surface area contributed by atoms with Gasteiger partial charge < -0.3 is 14.8 Å². The van der Waals surface area contributed by atoms with Crippen molar-refractivity contribution in [2.45, 2.75) is 6.61 Å². The topological polar surface area (TPSA) is 78.3 Å². The molecule has 0 aliphatic rings. The second kappa shape index (κ2) is 9.16. The lowest BCUT2D eigenvalue weighted by Gasteiger charge is -2.12. The Morgan fingerprint density at radius 1 is 1.31 bits per heavy atom. The zero-order valence-electron chi connectivity index (χ0n) is 15.1. The van der Waals surface area contributed by atoms with Crippen molar-refractivity contribution in [2.24, 2.45) is 0 Å². The van der Waals surface area contributed by atoms with Crippen molar-refractivity contribution >= 4 is 29.3 Å². The zero-order valence-corrected chi connectivity index (χ0v) is 15.8. The number of carbonyl (C=O) groups excluding carboxylic acids is 1. The molecular formula is C19H15ClF2N4O3. The molecule has 0 atom stereocenters. The van der Waals surface area contributed by atoms with E-state index in [-0.39, 0.29) is 17.1 Å². The van der Waals surface area contributed by atoms with Crippen LogP contribution in [0.25, 0.3) is 11.8 Å². The molecule has 150 valence electrons. The molecule has 0 aliphatic carbocycles. The lowest BCUT2D eigenvalue weighted by Crippen LogP contribution is -2.11. The van der Waals surface area contributed by atoms with Crippen molar-refractivity contribution in [3.05, 3.63) is 65.7 Å². The van der Waals surface area contributed by atoms with E-state index in [1.54, 1.807) is 24.3 Å². The molecule has 1 heterocycles. The van der Waals surface area contributed by atoms with Gasteiger partial charge in [0.15, 0.2) is 11.5 Å². The number of alkyl halides is 2. The predicted molar refractivity (Wildman–Crippen MR) is 104 cm³/mol. The third kappa shape index (κ3) is 5.08. The van der Waals surface area contributed by atoms with E-state index >= 15 is 0 Å². The number of aromatic nitrogens is 3. The SMILES string of the molecule is COc1cccc(/C=C/C(=O)Nc2cc(Cl)ccc2-n2cncn2)c1OC(F)F. The van der Waals surface area contributed by atoms with Crippen LogP contribution in [0.2, 0.25) is 5.02 Å². The van der Waals surface area contributed by atoms with Gasteiger partial charge in [0.2, 0.25) is 5.91 Å². The summed E-state index contributed by atoms with van der Waals surface area (Å²) in [7, 11) is 1.33. The molecular weight excluding hydrogens is 406 g/mol. The first kappa shape index (κ1) is 20.3. The number of benzene rings is 2. The molecule has 0 saturated carbocycles. The molecule has 3 rings (SSSR count). The monoisotopic (exact) mass is 420 g/mol. The van der Waals surface area contributed by atoms with Crippen LogP contribution in [0.3, 0.4) is 0 Å². The number of para-hydroxylation sites is 1. The number of methoxy groups -OCH3 is 1. The molecule has 7 nitrogen and oxygen atoms in total. The van der Waals surface area contributed by atoms with Crippen molar-refractivity contribution in [2.75, 3.05) is 12.4 Å². The van der Waals surface area contributed by atoms with Gasteiger partial charge in [0.25, 0.3) is 0 Å². The number of carbonyl (C=O) groups is 1. The van der Waals surface area contributed by atoms with Crippen LogP contribution in [0.1, 0.15) is 5.56 Å². The Morgan fingerprint density at radius 3 is 2.83 bits per heavy atom. The first-order valence-electron chi connectivity index (χ1n) is 8.23. The Labute approximate surface area is 169 Å². The van der Waals surface area contributed by atoms with Gasteiger partial charge in [0.05, 0.1) is 18.5 Å². The summed E-state index contributed by atoms with van der Waals surface area (Å²) in [6, 6.07) is 9.46. The highest BCUT2D eigenvalue weighted by molar-refractivity contribution is 6.31. The summed E-state index contributed by atoms with van der Waals surface area (Å²) < 4.78 is 36.5. The van der Waals surface area contributed by atoms with Crippen LogP contribution >= 0.6 is 11.6 Å². The molecule has 0 unspecified atom stereocenters. The Hall–Kier alpha value is -3.46. The Kier molecular flexibility index (Phi) is 6.40. The van der Waals surface area contributed by atoms with Crippen LogP contribution in [-0.4, -0.2) is 34.4 Å². The molecule has 29 heavy (non-hydrogen) atoms. The molecule has 0 radical (unpaired) electrons. The molecule has 2 aromatic carbocycles. The Bertz CT molecular complexity index is 1030. The number of nitrogens with one attached hydrogen (secondary N) is 1. The number of amides is 1. The Morgan fingerprint density at radius 2 is 2.14 bits per heavy atom. The number of anilines is 1. The molecule has 1 N–H and O–H groups in total. The fourth-order valence-corrected chi connectivity index (χ4v) is 2.69. The van der Waals surface area contributed by atoms with Crippen LogP contribution in [0.15, 0.2) is 55.1 Å². The predicted octanol–water partition coefficient (Wildman–Crippen LogP) is 4.18. The summed E-state index contributed by atoms with van der Waals surface area (Å²) in [6.45, 7) is -3.04. The van der Waals surface area contributed by atoms with E-state index in [1.165, 1.54) is 48.7 Å². The first-order chi connectivity index (χ1) is 14.0. The average molecular weight is 421 g/mol. The van der Waals surface area contributed by atoms with Crippen molar-refractivity contribution in [3.8, 4) is 17.2 Å². The van der Waals surface area contributed by atoms with Crippen LogP contribution in [0.5, 0.6) is 11.5 Å². The van der Waals surface area contributed by atoms with Crippen LogP contribution < -0.4 is 14.8 Å². The number of hydrogen-bond donors (Lipinski definition) is 1. The summed E-state index contributed by atoms with van der Waals surface area (Å²) >= 11 is 6.02. The van der Waals surface area contributed by atoms with E-state index in [0.29, 0.717) is 16.4 Å². The van der Waals surface area contributed by atoms with Crippen molar-refractivity contribution in [1.29, 1.82) is 0 Å². The van der Waals surface area contributed by atoms with E-state index in [1.807, 2.05) is 0 Å². The number of ether oxygens (including phenoxy) is 2. The minimum Gasteiger partial charge on any atom is -0.493 e. The van der Waals surface area contributed by atoms with Gasteiger partial charge in [-0.25, -0.2) is 9.67 Å². The highest BCUT2D eigenvalue weighted by Crippen LogP contribution is 2.33. The first-order valence-corrected chi connectivity index (χ1v) is 8.61. The van der Waals surface area contributed by atoms with E-state index < -0.39 is 12.5 Å². The smallest absolute Gasteiger partial charge is 0.387 e. The fourth-order valence-electron chi connectivity index (χ4n) is 2.52. The van der Waals surface area contributed by atoms with Crippen molar-refractivity contribution in [3.63, 3.8) is 0 Å². The summed E-state index contributed by atoms with van der Waals surface area (Å²) in [4.78, 5) is 16.3. The number of nitrogens with zero attached hydrogens (tertiary/aromatic N) is 3. The molecule has 1 aromatic heterocycles. The number of halogens is 3. The highest BCUT2D eigenvalue weighted by Gasteiger charge is 2.14. The van der Waals surface area contributed by atoms with Gasteiger partial charge in [-0.3, -0.25) is 4.79 Å². The van der Waals surface area contributed by atoms with Crippen molar-refractivity contribution < 1.29 is 23.0 Å². The standard InChI is InChI=1S/C19H15ClF2N4O3/c1-28-16-4-2-3-12(18(16)29-19(21)22)5-8-17(27)25-14-9-13(20)6-7-15(14)26-11-23-10-24-26/h2-11,19H,1H3,(H,25,27)/b8-5+. The molecule has 0 bridgehead atoms. The van der Waals surface area contributed by atoms with Crippen LogP contribution in [0, 0.1) is 0 Å². The molecule has 0 fully saturated rings. The van der Waals surface area contributed by atoms with Gasteiger partial charge in [0, 0.05) is 16.7 Å². The molecule has 0 aliphatic heterocycles. The molecule has 0 spiro atoms. The zero-order chi connectivity index (χ0) is 20.8. The van der Waals surface area contributed by atoms with Gasteiger partial charge in [-0.05, 0) is 30.3 Å². The van der Waals surface area contributed by atoms with E-state index in [2.05, 4.69) is 20.1 Å². The number of hydrogen-bond acceptors (Lipinski definition) is 5. The summed E-state index contributed by atoms with van der Waals surface area (Å²) in [5.74, 6) is -0.560. The fraction of sp³-hybridized carbons (Fsp3) is 0.105. The molecule has 3 aromatic rings. The molecule has 1 amide bonds. The van der Waals surface area contributed by atoms with Gasteiger partial charge in [-0.15, -0.1) is 0 Å². The second-order valence-corrected chi connectivity index (χ2v) is 6.02. The number of rotatable bonds is 7. The summed E-state index contributed by atoms with van der Waals surface area (Å²) in [5, 5.41) is 7.12. The van der Waals surface area contributed by atoms with Gasteiger partial charge in [-0.1, -0.05) is 23.7 Å². The minimum atomic E-state index is -3.04. The van der Waals surface area contributed by atoms with Crippen LogP contribution in [0.4, 0.5) is 14.5 Å². The van der Waals surface area contributed by atoms with E-state index in [9.17, 15) is 13.6 Å². The van der Waals surface area contributed by atoms with Gasteiger partial charge >= 0.3 is 6.61 Å². The highest BCUT2D eigenvalue weighted by atomic mass is 35.5. The Balaban J connectivity index is 1.84. The summed E-state index contributed by atoms with van der Waals surface area (Å²) in [5.41, 5.74) is 1.20. The summed E-state index contributed by atoms with van der Waals surface area (Å²) in [6.07, 6.45) is 5.35. The molecule has 0 saturated heterocycles.